The van der Waals surface area contributed by atoms with E-state index >= 15 is 0 Å². The summed E-state index contributed by atoms with van der Waals surface area (Å²) in [6.45, 7) is 3.60. The van der Waals surface area contributed by atoms with Crippen LogP contribution in [0.1, 0.15) is 19.2 Å². The zero-order valence-electron chi connectivity index (χ0n) is 12.1. The van der Waals surface area contributed by atoms with Crippen molar-refractivity contribution < 1.29 is 9.47 Å². The summed E-state index contributed by atoms with van der Waals surface area (Å²) < 4.78 is 12.4. The van der Waals surface area contributed by atoms with Gasteiger partial charge in [-0.05, 0) is 6.42 Å². The van der Waals surface area contributed by atoms with E-state index in [0.717, 1.165) is 36.0 Å². The van der Waals surface area contributed by atoms with Crippen molar-refractivity contribution >= 4 is 5.69 Å². The molecule has 2 aromatic rings. The van der Waals surface area contributed by atoms with Gasteiger partial charge in [-0.1, -0.05) is 6.92 Å². The fraction of sp³-hybridized carbons (Fsp3) is 0.429. The molecule has 6 nitrogen and oxygen atoms in total. The molecule has 1 aromatic carbocycles. The molecule has 0 unspecified atom stereocenters. The van der Waals surface area contributed by atoms with E-state index in [4.69, 9.17) is 9.47 Å². The Balaban J connectivity index is 2.08. The first kappa shape index (κ1) is 14.2. The van der Waals surface area contributed by atoms with Gasteiger partial charge in [0, 0.05) is 30.4 Å². The third-order valence-corrected chi connectivity index (χ3v) is 2.93. The zero-order chi connectivity index (χ0) is 14.4. The summed E-state index contributed by atoms with van der Waals surface area (Å²) in [4.78, 5) is 4.26. The van der Waals surface area contributed by atoms with Crippen LogP contribution in [0.15, 0.2) is 24.5 Å². The molecule has 6 heteroatoms. The number of ether oxygens (including phenoxy) is 2. The molecule has 20 heavy (non-hydrogen) atoms. The number of aromatic nitrogens is 3. The van der Waals surface area contributed by atoms with Crippen molar-refractivity contribution in [2.45, 2.75) is 26.4 Å². The van der Waals surface area contributed by atoms with E-state index in [0.29, 0.717) is 6.54 Å². The lowest BCUT2D eigenvalue weighted by atomic mass is 10.2. The summed E-state index contributed by atoms with van der Waals surface area (Å²) in [5.41, 5.74) is 0.923. The maximum absolute atomic E-state index is 5.24. The highest BCUT2D eigenvalue weighted by Crippen LogP contribution is 2.25. The molecule has 0 saturated carbocycles. The molecule has 1 aromatic heterocycles. The standard InChI is InChI=1S/C14H20N4O2/c1-4-5-18-14(16-10-17-18)9-15-11-6-12(19-2)8-13(7-11)20-3/h6-8,10,15H,4-5,9H2,1-3H3. The molecule has 0 aliphatic carbocycles. The van der Waals surface area contributed by atoms with E-state index < -0.39 is 0 Å². The first-order valence-corrected chi connectivity index (χ1v) is 6.60. The van der Waals surface area contributed by atoms with Gasteiger partial charge in [-0.25, -0.2) is 9.67 Å². The number of aryl methyl sites for hydroxylation is 1. The Bertz CT molecular complexity index is 532. The van der Waals surface area contributed by atoms with Crippen LogP contribution in [0, 0.1) is 0 Å². The normalized spacial score (nSPS) is 10.3. The van der Waals surface area contributed by atoms with Crippen LogP contribution in [0.4, 0.5) is 5.69 Å². The predicted octanol–water partition coefficient (Wildman–Crippen LogP) is 2.32. The zero-order valence-corrected chi connectivity index (χ0v) is 12.1. The van der Waals surface area contributed by atoms with Gasteiger partial charge >= 0.3 is 0 Å². The molecule has 1 N–H and O–H groups in total. The Morgan fingerprint density at radius 2 is 1.85 bits per heavy atom. The number of hydrogen-bond donors (Lipinski definition) is 1. The fourth-order valence-corrected chi connectivity index (χ4v) is 1.91. The van der Waals surface area contributed by atoms with E-state index in [-0.39, 0.29) is 0 Å². The van der Waals surface area contributed by atoms with Crippen molar-refractivity contribution in [1.82, 2.24) is 14.8 Å². The summed E-state index contributed by atoms with van der Waals surface area (Å²) >= 11 is 0. The van der Waals surface area contributed by atoms with Crippen LogP contribution in [-0.2, 0) is 13.1 Å². The Labute approximate surface area is 118 Å². The SMILES string of the molecule is CCCn1ncnc1CNc1cc(OC)cc(OC)c1. The van der Waals surface area contributed by atoms with Crippen LogP contribution < -0.4 is 14.8 Å². The van der Waals surface area contributed by atoms with Crippen LogP contribution >= 0.6 is 0 Å². The second kappa shape index (κ2) is 6.79. The second-order valence-electron chi connectivity index (χ2n) is 4.35. The number of nitrogens with one attached hydrogen (secondary N) is 1. The van der Waals surface area contributed by atoms with E-state index in [9.17, 15) is 0 Å². The second-order valence-corrected chi connectivity index (χ2v) is 4.35. The number of rotatable bonds is 7. The van der Waals surface area contributed by atoms with Crippen molar-refractivity contribution in [3.8, 4) is 11.5 Å². The minimum absolute atomic E-state index is 0.607. The first-order valence-electron chi connectivity index (χ1n) is 6.60. The minimum atomic E-state index is 0.607. The molecule has 0 spiro atoms. The van der Waals surface area contributed by atoms with E-state index in [1.54, 1.807) is 20.5 Å². The molecule has 0 aliphatic rings. The summed E-state index contributed by atoms with van der Waals surface area (Å²) in [5, 5.41) is 7.51. The van der Waals surface area contributed by atoms with Crippen LogP contribution in [0.5, 0.6) is 11.5 Å². The molecule has 0 fully saturated rings. The number of anilines is 1. The topological polar surface area (TPSA) is 61.2 Å². The smallest absolute Gasteiger partial charge is 0.146 e. The molecule has 0 atom stereocenters. The largest absolute Gasteiger partial charge is 0.497 e. The Kier molecular flexibility index (Phi) is 4.81. The van der Waals surface area contributed by atoms with Gasteiger partial charge in [-0.3, -0.25) is 0 Å². The van der Waals surface area contributed by atoms with Crippen LogP contribution in [0.25, 0.3) is 0 Å². The summed E-state index contributed by atoms with van der Waals surface area (Å²) in [7, 11) is 3.27. The highest BCUT2D eigenvalue weighted by atomic mass is 16.5. The van der Waals surface area contributed by atoms with Crippen LogP contribution in [0.3, 0.4) is 0 Å². The maximum atomic E-state index is 5.24. The van der Waals surface area contributed by atoms with Gasteiger partial charge in [0.2, 0.25) is 0 Å². The summed E-state index contributed by atoms with van der Waals surface area (Å²) in [6.07, 6.45) is 2.61. The molecule has 2 rings (SSSR count). The quantitative estimate of drug-likeness (QED) is 0.841. The fourth-order valence-electron chi connectivity index (χ4n) is 1.91. The van der Waals surface area contributed by atoms with Crippen molar-refractivity contribution in [1.29, 1.82) is 0 Å². The van der Waals surface area contributed by atoms with Crippen molar-refractivity contribution in [2.75, 3.05) is 19.5 Å². The highest BCUT2D eigenvalue weighted by molar-refractivity contribution is 5.53. The average Bonchev–Trinajstić information content (AvgIpc) is 2.92. The average molecular weight is 276 g/mol. The third-order valence-electron chi connectivity index (χ3n) is 2.93. The molecule has 0 aliphatic heterocycles. The lowest BCUT2D eigenvalue weighted by Gasteiger charge is -2.11. The van der Waals surface area contributed by atoms with E-state index in [2.05, 4.69) is 22.3 Å². The van der Waals surface area contributed by atoms with Gasteiger partial charge in [0.25, 0.3) is 0 Å². The Morgan fingerprint density at radius 3 is 2.45 bits per heavy atom. The number of hydrogen-bond acceptors (Lipinski definition) is 5. The van der Waals surface area contributed by atoms with Gasteiger partial charge in [0.1, 0.15) is 23.7 Å². The Hall–Kier alpha value is -2.24. The van der Waals surface area contributed by atoms with Gasteiger partial charge in [0.05, 0.1) is 20.8 Å². The van der Waals surface area contributed by atoms with Gasteiger partial charge < -0.3 is 14.8 Å². The van der Waals surface area contributed by atoms with Gasteiger partial charge in [-0.15, -0.1) is 0 Å². The highest BCUT2D eigenvalue weighted by Gasteiger charge is 2.05. The van der Waals surface area contributed by atoms with Crippen LogP contribution in [0.2, 0.25) is 0 Å². The minimum Gasteiger partial charge on any atom is -0.497 e. The number of nitrogens with zero attached hydrogens (tertiary/aromatic N) is 3. The molecule has 108 valence electrons. The maximum Gasteiger partial charge on any atom is 0.146 e. The van der Waals surface area contributed by atoms with Crippen molar-refractivity contribution in [3.05, 3.63) is 30.4 Å². The third kappa shape index (κ3) is 3.40. The van der Waals surface area contributed by atoms with Gasteiger partial charge in [0.15, 0.2) is 0 Å². The van der Waals surface area contributed by atoms with Crippen molar-refractivity contribution in [2.24, 2.45) is 0 Å². The van der Waals surface area contributed by atoms with Gasteiger partial charge in [-0.2, -0.15) is 5.10 Å². The number of methoxy groups -OCH3 is 2. The number of benzene rings is 1. The molecule has 0 bridgehead atoms. The Morgan fingerprint density at radius 1 is 1.15 bits per heavy atom. The summed E-state index contributed by atoms with van der Waals surface area (Å²) in [6, 6.07) is 5.68. The molecule has 0 saturated heterocycles. The molecule has 0 amide bonds. The van der Waals surface area contributed by atoms with E-state index in [1.165, 1.54) is 0 Å². The molecule has 0 radical (unpaired) electrons. The molecular formula is C14H20N4O2. The van der Waals surface area contributed by atoms with Crippen LogP contribution in [-0.4, -0.2) is 29.0 Å². The molecular weight excluding hydrogens is 256 g/mol. The first-order chi connectivity index (χ1) is 9.76. The molecule has 1 heterocycles. The summed E-state index contributed by atoms with van der Waals surface area (Å²) in [5.74, 6) is 2.41. The van der Waals surface area contributed by atoms with E-state index in [1.807, 2.05) is 22.9 Å². The monoisotopic (exact) mass is 276 g/mol. The predicted molar refractivity (Wildman–Crippen MR) is 77.2 cm³/mol. The lowest BCUT2D eigenvalue weighted by molar-refractivity contribution is 0.394. The van der Waals surface area contributed by atoms with Crippen molar-refractivity contribution in [3.63, 3.8) is 0 Å². The lowest BCUT2D eigenvalue weighted by Crippen LogP contribution is -2.10.